The number of nitrogens with one attached hydrogen (secondary N) is 1. The molecule has 0 radical (unpaired) electrons. The van der Waals surface area contributed by atoms with Crippen molar-refractivity contribution in [1.29, 1.82) is 0 Å². The Kier molecular flexibility index (Phi) is 8.26. The van der Waals surface area contributed by atoms with E-state index in [0.29, 0.717) is 18.8 Å². The minimum atomic E-state index is -4.04. The van der Waals surface area contributed by atoms with Gasteiger partial charge in [0, 0.05) is 26.2 Å². The zero-order valence-corrected chi connectivity index (χ0v) is 21.6. The number of hydrogen-bond acceptors (Lipinski definition) is 8. The van der Waals surface area contributed by atoms with E-state index >= 15 is 0 Å². The van der Waals surface area contributed by atoms with E-state index in [4.69, 9.17) is 14.2 Å². The summed E-state index contributed by atoms with van der Waals surface area (Å²) in [5.74, 6) is 0.157. The first-order valence-corrected chi connectivity index (χ1v) is 13.6. The van der Waals surface area contributed by atoms with Crippen molar-refractivity contribution in [3.05, 3.63) is 36.4 Å². The molecule has 13 heteroatoms. The molecule has 1 saturated heterocycles. The van der Waals surface area contributed by atoms with E-state index in [9.17, 15) is 21.6 Å². The Balaban J connectivity index is 1.79. The molecule has 0 aromatic heterocycles. The summed E-state index contributed by atoms with van der Waals surface area (Å²) in [7, 11) is -2.30. The normalized spacial score (nSPS) is 14.7. The summed E-state index contributed by atoms with van der Waals surface area (Å²) in [4.78, 5) is 12.7. The number of rotatable bonds is 10. The third-order valence-corrected chi connectivity index (χ3v) is 9.27. The molecule has 35 heavy (non-hydrogen) atoms. The van der Waals surface area contributed by atoms with E-state index in [1.807, 2.05) is 0 Å². The Morgan fingerprint density at radius 2 is 1.46 bits per heavy atom. The molecule has 1 heterocycles. The van der Waals surface area contributed by atoms with Crippen molar-refractivity contribution in [1.82, 2.24) is 8.61 Å². The molecule has 1 aliphatic rings. The number of hydrogen-bond donors (Lipinski definition) is 1. The summed E-state index contributed by atoms with van der Waals surface area (Å²) in [6.07, 6.45) is 1.58. The van der Waals surface area contributed by atoms with Crippen molar-refractivity contribution in [3.63, 3.8) is 0 Å². The number of ether oxygens (including phenoxy) is 3. The van der Waals surface area contributed by atoms with Gasteiger partial charge in [-0.15, -0.1) is 0 Å². The average molecular weight is 528 g/mol. The zero-order valence-electron chi connectivity index (χ0n) is 20.0. The second kappa shape index (κ2) is 10.8. The SMILES string of the molecule is COc1ccc(S(=O)(=O)N2CCCC2)cc1NC(=O)CN(C)S(=O)(=O)c1ccc(OC)c(OC)c1. The summed E-state index contributed by atoms with van der Waals surface area (Å²) in [5.41, 5.74) is 0.120. The number of methoxy groups -OCH3 is 3. The summed E-state index contributed by atoms with van der Waals surface area (Å²) in [6, 6.07) is 8.28. The monoisotopic (exact) mass is 527 g/mol. The van der Waals surface area contributed by atoms with E-state index in [0.717, 1.165) is 17.1 Å². The van der Waals surface area contributed by atoms with Gasteiger partial charge in [-0.3, -0.25) is 4.79 Å². The van der Waals surface area contributed by atoms with Gasteiger partial charge in [0.2, 0.25) is 26.0 Å². The maximum Gasteiger partial charge on any atom is 0.243 e. The molecule has 2 aromatic carbocycles. The highest BCUT2D eigenvalue weighted by atomic mass is 32.2. The van der Waals surface area contributed by atoms with Crippen molar-refractivity contribution in [3.8, 4) is 17.2 Å². The Labute approximate surface area is 205 Å². The average Bonchev–Trinajstić information content (AvgIpc) is 3.39. The van der Waals surface area contributed by atoms with Gasteiger partial charge in [0.25, 0.3) is 0 Å². The molecule has 11 nitrogen and oxygen atoms in total. The van der Waals surface area contributed by atoms with Crippen LogP contribution in [0.15, 0.2) is 46.2 Å². The number of benzene rings is 2. The molecule has 0 bridgehead atoms. The minimum Gasteiger partial charge on any atom is -0.495 e. The van der Waals surface area contributed by atoms with E-state index in [1.54, 1.807) is 0 Å². The maximum absolute atomic E-state index is 13.0. The highest BCUT2D eigenvalue weighted by Crippen LogP contribution is 2.32. The van der Waals surface area contributed by atoms with Gasteiger partial charge in [-0.25, -0.2) is 16.8 Å². The van der Waals surface area contributed by atoms with Crippen LogP contribution in [0, 0.1) is 0 Å². The highest BCUT2D eigenvalue weighted by molar-refractivity contribution is 7.89. The molecule has 0 atom stereocenters. The third kappa shape index (κ3) is 5.69. The lowest BCUT2D eigenvalue weighted by molar-refractivity contribution is -0.116. The summed E-state index contributed by atoms with van der Waals surface area (Å²) < 4.78 is 69.6. The van der Waals surface area contributed by atoms with Crippen molar-refractivity contribution in [2.24, 2.45) is 0 Å². The standard InChI is InChI=1S/C22H29N3O8S2/c1-24(34(27,28)17-8-10-20(32-3)21(14-17)33-4)15-22(26)23-18-13-16(7-9-19(18)31-2)35(29,30)25-11-5-6-12-25/h7-10,13-14H,5-6,11-12,15H2,1-4H3,(H,23,26). The number of anilines is 1. The second-order valence-electron chi connectivity index (χ2n) is 7.80. The van der Waals surface area contributed by atoms with Crippen LogP contribution in [0.3, 0.4) is 0 Å². The quantitative estimate of drug-likeness (QED) is 0.494. The second-order valence-corrected chi connectivity index (χ2v) is 11.8. The largest absolute Gasteiger partial charge is 0.495 e. The van der Waals surface area contributed by atoms with Crippen LogP contribution in [0.4, 0.5) is 5.69 Å². The lowest BCUT2D eigenvalue weighted by Crippen LogP contribution is -2.35. The van der Waals surface area contributed by atoms with Gasteiger partial charge in [-0.2, -0.15) is 8.61 Å². The molecule has 1 amide bonds. The predicted octanol–water partition coefficient (Wildman–Crippen LogP) is 1.76. The van der Waals surface area contributed by atoms with Crippen LogP contribution < -0.4 is 19.5 Å². The Morgan fingerprint density at radius 1 is 0.886 bits per heavy atom. The Morgan fingerprint density at radius 3 is 2.06 bits per heavy atom. The number of nitrogens with zero attached hydrogens (tertiary/aromatic N) is 2. The van der Waals surface area contributed by atoms with Crippen molar-refractivity contribution >= 4 is 31.6 Å². The molecule has 1 fully saturated rings. The maximum atomic E-state index is 13.0. The van der Waals surface area contributed by atoms with E-state index in [1.165, 1.54) is 69.1 Å². The van der Waals surface area contributed by atoms with Crippen molar-refractivity contribution in [2.45, 2.75) is 22.6 Å². The molecule has 0 unspecified atom stereocenters. The fourth-order valence-electron chi connectivity index (χ4n) is 3.66. The number of amides is 1. The predicted molar refractivity (Wildman–Crippen MR) is 129 cm³/mol. The van der Waals surface area contributed by atoms with Crippen LogP contribution in [-0.2, 0) is 24.8 Å². The van der Waals surface area contributed by atoms with Gasteiger partial charge in [0.05, 0.1) is 43.4 Å². The van der Waals surface area contributed by atoms with E-state index < -0.39 is 32.5 Å². The summed E-state index contributed by atoms with van der Waals surface area (Å²) >= 11 is 0. The van der Waals surface area contributed by atoms with Crippen LogP contribution in [-0.4, -0.2) is 79.4 Å². The molecule has 2 aromatic rings. The van der Waals surface area contributed by atoms with Crippen LogP contribution in [0.2, 0.25) is 0 Å². The van der Waals surface area contributed by atoms with Crippen LogP contribution >= 0.6 is 0 Å². The van der Waals surface area contributed by atoms with Crippen LogP contribution in [0.5, 0.6) is 17.2 Å². The van der Waals surface area contributed by atoms with Gasteiger partial charge in [0.15, 0.2) is 11.5 Å². The number of sulfonamides is 2. The van der Waals surface area contributed by atoms with Gasteiger partial charge in [-0.1, -0.05) is 0 Å². The molecule has 1 N–H and O–H groups in total. The molecule has 0 spiro atoms. The zero-order chi connectivity index (χ0) is 25.8. The van der Waals surface area contributed by atoms with Gasteiger partial charge < -0.3 is 19.5 Å². The highest BCUT2D eigenvalue weighted by Gasteiger charge is 2.29. The molecule has 192 valence electrons. The third-order valence-electron chi connectivity index (χ3n) is 5.58. The Hall–Kier alpha value is -2.87. The minimum absolute atomic E-state index is 0.0156. The van der Waals surface area contributed by atoms with Crippen LogP contribution in [0.1, 0.15) is 12.8 Å². The first-order valence-electron chi connectivity index (χ1n) is 10.7. The first-order chi connectivity index (χ1) is 16.5. The van der Waals surface area contributed by atoms with Crippen LogP contribution in [0.25, 0.3) is 0 Å². The lowest BCUT2D eigenvalue weighted by atomic mass is 10.3. The molecule has 3 rings (SSSR count). The fourth-order valence-corrected chi connectivity index (χ4v) is 6.34. The molecule has 0 aliphatic carbocycles. The van der Waals surface area contributed by atoms with Crippen molar-refractivity contribution < 1.29 is 35.8 Å². The lowest BCUT2D eigenvalue weighted by Gasteiger charge is -2.19. The number of carbonyl (C=O) groups excluding carboxylic acids is 1. The fraction of sp³-hybridized carbons (Fsp3) is 0.409. The smallest absolute Gasteiger partial charge is 0.243 e. The van der Waals surface area contributed by atoms with Crippen molar-refractivity contribution in [2.75, 3.05) is 53.3 Å². The summed E-state index contributed by atoms with van der Waals surface area (Å²) in [6.45, 7) is 0.354. The Bertz CT molecular complexity index is 1290. The molecular weight excluding hydrogens is 498 g/mol. The topological polar surface area (TPSA) is 132 Å². The molecule has 1 aliphatic heterocycles. The van der Waals surface area contributed by atoms with E-state index in [2.05, 4.69) is 5.32 Å². The molecular formula is C22H29N3O8S2. The number of likely N-dealkylation sites (N-methyl/N-ethyl adjacent to an activating group) is 1. The van der Waals surface area contributed by atoms with Gasteiger partial charge in [0.1, 0.15) is 5.75 Å². The van der Waals surface area contributed by atoms with Gasteiger partial charge in [-0.05, 0) is 43.2 Å². The van der Waals surface area contributed by atoms with E-state index in [-0.39, 0.29) is 27.0 Å². The first kappa shape index (κ1) is 26.7. The van der Waals surface area contributed by atoms with Gasteiger partial charge >= 0.3 is 0 Å². The number of carbonyl (C=O) groups is 1. The summed E-state index contributed by atoms with van der Waals surface area (Å²) in [5, 5.41) is 2.56. The molecule has 0 saturated carbocycles.